The molecular weight excluding hydrogens is 446 g/mol. The first-order valence-corrected chi connectivity index (χ1v) is 10.8. The van der Waals surface area contributed by atoms with Gasteiger partial charge in [0.05, 0.1) is 23.4 Å². The molecule has 2 fully saturated rings. The van der Waals surface area contributed by atoms with E-state index >= 15 is 0 Å². The largest absolute Gasteiger partial charge is 0.449 e. The summed E-state index contributed by atoms with van der Waals surface area (Å²) in [6, 6.07) is 9.18. The monoisotopic (exact) mass is 469 g/mol. The van der Waals surface area contributed by atoms with Gasteiger partial charge in [0.25, 0.3) is 0 Å². The van der Waals surface area contributed by atoms with Gasteiger partial charge in [-0.15, -0.1) is 0 Å². The number of anilines is 1. The van der Waals surface area contributed by atoms with Crippen LogP contribution >= 0.6 is 12.2 Å². The number of primary amides is 1. The van der Waals surface area contributed by atoms with E-state index in [-0.39, 0.29) is 47.0 Å². The highest BCUT2D eigenvalue weighted by Crippen LogP contribution is 2.59. The van der Waals surface area contributed by atoms with Crippen LogP contribution in [0.3, 0.4) is 0 Å². The lowest BCUT2D eigenvalue weighted by Crippen LogP contribution is -2.56. The zero-order chi connectivity index (χ0) is 23.7. The molecule has 33 heavy (non-hydrogen) atoms. The van der Waals surface area contributed by atoms with Crippen molar-refractivity contribution in [2.75, 3.05) is 25.6 Å². The number of carbonyl (C=O) groups excluding carboxylic acids is 3. The fourth-order valence-corrected chi connectivity index (χ4v) is 5.83. The number of benzene rings is 1. The zero-order valence-electron chi connectivity index (χ0n) is 18.0. The van der Waals surface area contributed by atoms with Crippen molar-refractivity contribution >= 4 is 40.7 Å². The van der Waals surface area contributed by atoms with Crippen LogP contribution in [-0.2, 0) is 19.1 Å². The number of ether oxygens (including phenoxy) is 2. The maximum atomic E-state index is 13.2. The maximum Gasteiger partial charge on any atom is 0.404 e. The van der Waals surface area contributed by atoms with Crippen LogP contribution in [0.25, 0.3) is 0 Å². The maximum absolute atomic E-state index is 13.2. The predicted octanol–water partition coefficient (Wildman–Crippen LogP) is 0.458. The number of methoxy groups -OCH3 is 1. The van der Waals surface area contributed by atoms with Crippen LogP contribution in [0.4, 0.5) is 10.5 Å². The topological polar surface area (TPSA) is 140 Å². The fourth-order valence-electron chi connectivity index (χ4n) is 5.46. The Bertz CT molecular complexity index is 1160. The van der Waals surface area contributed by atoms with Crippen molar-refractivity contribution in [2.24, 2.45) is 17.4 Å². The Morgan fingerprint density at radius 1 is 1.27 bits per heavy atom. The normalized spacial score (nSPS) is 29.7. The minimum absolute atomic E-state index is 0.0507. The lowest BCUT2D eigenvalue weighted by molar-refractivity contribution is -0.142. The van der Waals surface area contributed by atoms with Crippen LogP contribution in [0.15, 0.2) is 52.9 Å². The van der Waals surface area contributed by atoms with E-state index in [1.54, 1.807) is 0 Å². The molecular formula is C22H23N5O5S. The van der Waals surface area contributed by atoms with E-state index in [2.05, 4.69) is 5.32 Å². The summed E-state index contributed by atoms with van der Waals surface area (Å²) in [6.07, 6.45) is -0.986. The van der Waals surface area contributed by atoms with Crippen molar-refractivity contribution in [3.8, 4) is 0 Å². The highest BCUT2D eigenvalue weighted by atomic mass is 32.1. The van der Waals surface area contributed by atoms with Gasteiger partial charge in [-0.3, -0.25) is 9.59 Å². The number of carbonyl (C=O) groups is 3. The van der Waals surface area contributed by atoms with Gasteiger partial charge in [0.1, 0.15) is 12.6 Å². The summed E-state index contributed by atoms with van der Waals surface area (Å²) in [5.74, 6) is -1.56. The molecule has 0 spiro atoms. The molecule has 0 bridgehead atoms. The van der Waals surface area contributed by atoms with Crippen LogP contribution in [0.5, 0.6) is 0 Å². The van der Waals surface area contributed by atoms with Gasteiger partial charge >= 0.3 is 6.09 Å². The summed E-state index contributed by atoms with van der Waals surface area (Å²) in [5.41, 5.74) is 11.4. The number of allylic oxidation sites excluding steroid dienone is 2. The number of thiocarbonyl (C=S) groups is 1. The Kier molecular flexibility index (Phi) is 4.73. The van der Waals surface area contributed by atoms with Gasteiger partial charge in [-0.1, -0.05) is 18.2 Å². The first kappa shape index (κ1) is 21.4. The molecule has 4 aliphatic rings. The Morgan fingerprint density at radius 3 is 2.61 bits per heavy atom. The minimum Gasteiger partial charge on any atom is -0.449 e. The summed E-state index contributed by atoms with van der Waals surface area (Å²) in [7, 11) is 1.51. The van der Waals surface area contributed by atoms with E-state index in [4.69, 9.17) is 33.2 Å². The second kappa shape index (κ2) is 7.29. The molecule has 5 rings (SSSR count). The van der Waals surface area contributed by atoms with Gasteiger partial charge in [0.2, 0.25) is 11.6 Å². The third-order valence-corrected chi connectivity index (χ3v) is 7.26. The van der Waals surface area contributed by atoms with E-state index in [0.717, 1.165) is 5.69 Å². The van der Waals surface area contributed by atoms with E-state index in [0.29, 0.717) is 11.7 Å². The molecule has 0 saturated carbocycles. The molecule has 1 aromatic rings. The summed E-state index contributed by atoms with van der Waals surface area (Å²) < 4.78 is 11.2. The molecule has 11 heteroatoms. The van der Waals surface area contributed by atoms with Crippen LogP contribution in [0.1, 0.15) is 6.92 Å². The van der Waals surface area contributed by atoms with Gasteiger partial charge in [-0.25, -0.2) is 4.79 Å². The third-order valence-electron chi connectivity index (χ3n) is 6.95. The Balaban J connectivity index is 1.51. The van der Waals surface area contributed by atoms with Crippen LogP contribution in [-0.4, -0.2) is 70.6 Å². The molecule has 4 atom stereocenters. The zero-order valence-corrected chi connectivity index (χ0v) is 18.8. The standard InChI is InChI=1S/C22H23N5O5S/c1-10-15(23)18(29)14-12(9-32-20(24)30)22(31-2)19-13(8-26(22)16(14)17(10)28)27(19)21(33)25-11-6-4-3-5-7-11/h3-7,12-13,19H,8-9,23H2,1-2H3,(H2,24,30)(H,25,33)/t12-,13+,19-,22-,27?/m1/s1. The highest BCUT2D eigenvalue weighted by molar-refractivity contribution is 7.80. The van der Waals surface area contributed by atoms with E-state index in [1.165, 1.54) is 14.0 Å². The van der Waals surface area contributed by atoms with E-state index < -0.39 is 23.5 Å². The molecule has 172 valence electrons. The molecule has 0 aromatic heterocycles. The lowest BCUT2D eigenvalue weighted by atomic mass is 9.82. The van der Waals surface area contributed by atoms with Gasteiger partial charge in [0.15, 0.2) is 10.8 Å². The number of Topliss-reactive ketones (excluding diaryl/α,β-unsaturated/α-hetero) is 2. The molecule has 1 aromatic carbocycles. The quantitative estimate of drug-likeness (QED) is 0.324. The van der Waals surface area contributed by atoms with Crippen molar-refractivity contribution in [1.29, 1.82) is 0 Å². The number of fused-ring (bicyclic) bond motifs is 4. The summed E-state index contributed by atoms with van der Waals surface area (Å²) in [4.78, 5) is 41.6. The van der Waals surface area contributed by atoms with Crippen LogP contribution in [0.2, 0.25) is 0 Å². The van der Waals surface area contributed by atoms with Crippen molar-refractivity contribution < 1.29 is 23.9 Å². The van der Waals surface area contributed by atoms with Crippen LogP contribution in [0, 0.1) is 5.92 Å². The summed E-state index contributed by atoms with van der Waals surface area (Å²) in [6.45, 7) is 1.70. The molecule has 3 heterocycles. The third kappa shape index (κ3) is 2.82. The molecule has 3 aliphatic heterocycles. The minimum atomic E-state index is -1.15. The van der Waals surface area contributed by atoms with Crippen molar-refractivity contribution in [3.05, 3.63) is 52.9 Å². The molecule has 1 aliphatic carbocycles. The fraction of sp³-hybridized carbons (Fsp3) is 0.364. The Morgan fingerprint density at radius 2 is 1.97 bits per heavy atom. The summed E-state index contributed by atoms with van der Waals surface area (Å²) >= 11 is 5.65. The average molecular weight is 470 g/mol. The van der Waals surface area contributed by atoms with Gasteiger partial charge in [-0.05, 0) is 31.3 Å². The average Bonchev–Trinajstić information content (AvgIpc) is 3.31. The van der Waals surface area contributed by atoms with Crippen molar-refractivity contribution in [2.45, 2.75) is 24.7 Å². The van der Waals surface area contributed by atoms with Crippen molar-refractivity contribution in [1.82, 2.24) is 9.80 Å². The lowest BCUT2D eigenvalue weighted by Gasteiger charge is -2.41. The SMILES string of the molecule is CO[C@@]12[C@H](COC(N)=O)C3=C(C(=O)C(C)=C(N)C3=O)N1C[C@H]1[C@H]2N1C(=S)Nc1ccccc1. The van der Waals surface area contributed by atoms with Crippen LogP contribution < -0.4 is 16.8 Å². The Hall–Kier alpha value is -3.44. The number of piperazine rings is 1. The number of hydrogen-bond donors (Lipinski definition) is 3. The number of amides is 1. The summed E-state index contributed by atoms with van der Waals surface area (Å²) in [5, 5.41) is 3.71. The highest BCUT2D eigenvalue weighted by Gasteiger charge is 2.77. The molecule has 5 N–H and O–H groups in total. The van der Waals surface area contributed by atoms with Crippen molar-refractivity contribution in [3.63, 3.8) is 0 Å². The number of hydrogen-bond acceptors (Lipinski definition) is 8. The van der Waals surface area contributed by atoms with Gasteiger partial charge < -0.3 is 36.1 Å². The number of para-hydroxylation sites is 1. The second-order valence-electron chi connectivity index (χ2n) is 8.42. The van der Waals surface area contributed by atoms with E-state index in [9.17, 15) is 14.4 Å². The molecule has 1 amide bonds. The molecule has 0 radical (unpaired) electrons. The number of ketones is 2. The first-order valence-electron chi connectivity index (χ1n) is 10.4. The number of nitrogens with two attached hydrogens (primary N) is 2. The predicted molar refractivity (Wildman–Crippen MR) is 121 cm³/mol. The second-order valence-corrected chi connectivity index (χ2v) is 8.81. The molecule has 2 saturated heterocycles. The van der Waals surface area contributed by atoms with Gasteiger partial charge in [-0.2, -0.15) is 0 Å². The number of nitrogens with zero attached hydrogens (tertiary/aromatic N) is 2. The molecule has 10 nitrogen and oxygen atoms in total. The smallest absolute Gasteiger partial charge is 0.404 e. The number of rotatable bonds is 4. The first-order chi connectivity index (χ1) is 15.7. The van der Waals surface area contributed by atoms with Gasteiger partial charge in [0, 0.05) is 30.5 Å². The van der Waals surface area contributed by atoms with E-state index in [1.807, 2.05) is 40.1 Å². The Labute approximate surface area is 195 Å². The number of nitrogens with one attached hydrogen (secondary N) is 1. The molecule has 0 unspecified atom stereocenters.